The first-order valence-electron chi connectivity index (χ1n) is 11.7. The van der Waals surface area contributed by atoms with E-state index in [4.69, 9.17) is 21.1 Å². The van der Waals surface area contributed by atoms with Gasteiger partial charge >= 0.3 is 0 Å². The van der Waals surface area contributed by atoms with E-state index in [2.05, 4.69) is 24.1 Å². The van der Waals surface area contributed by atoms with Crippen LogP contribution in [0.25, 0.3) is 11.6 Å². The number of fused-ring (bicyclic) bond motifs is 2. The number of aromatic nitrogens is 1. The number of carbonyl (C=O) groups excluding carboxylic acids is 1. The summed E-state index contributed by atoms with van der Waals surface area (Å²) in [6.07, 6.45) is 2.64. The van der Waals surface area contributed by atoms with Crippen LogP contribution in [0, 0.1) is 0 Å². The molecule has 0 aliphatic carbocycles. The normalized spacial score (nSPS) is 16.2. The van der Waals surface area contributed by atoms with Gasteiger partial charge in [0.1, 0.15) is 4.66 Å². The molecule has 1 N–H and O–H groups in total. The monoisotopic (exact) mass is 511 g/mol. The molecule has 0 unspecified atom stereocenters. The number of thiazole rings is 1. The minimum Gasteiger partial charge on any atom is -0.454 e. The Labute approximate surface area is 211 Å². The molecule has 0 fully saturated rings. The van der Waals surface area contributed by atoms with E-state index in [1.807, 2.05) is 24.3 Å². The van der Waals surface area contributed by atoms with Crippen molar-refractivity contribution in [3.63, 3.8) is 0 Å². The number of benzene rings is 2. The van der Waals surface area contributed by atoms with E-state index in [1.165, 1.54) is 11.3 Å². The van der Waals surface area contributed by atoms with Crippen LogP contribution in [-0.4, -0.2) is 41.8 Å². The van der Waals surface area contributed by atoms with Crippen molar-refractivity contribution in [2.24, 2.45) is 0 Å². The highest BCUT2D eigenvalue weighted by molar-refractivity contribution is 7.07. The summed E-state index contributed by atoms with van der Waals surface area (Å²) in [6.45, 7) is 7.75. The molecule has 0 saturated carbocycles. The Kier molecular flexibility index (Phi) is 6.69. The Hall–Kier alpha value is -3.07. The first-order valence-corrected chi connectivity index (χ1v) is 12.9. The average molecular weight is 512 g/mol. The highest BCUT2D eigenvalue weighted by atomic mass is 35.5. The number of nitrogens with one attached hydrogen (secondary N) is 1. The van der Waals surface area contributed by atoms with Crippen LogP contribution >= 0.6 is 22.9 Å². The van der Waals surface area contributed by atoms with E-state index in [0.29, 0.717) is 43.5 Å². The summed E-state index contributed by atoms with van der Waals surface area (Å²) in [5, 5.41) is 3.45. The molecule has 0 atom stereocenters. The summed E-state index contributed by atoms with van der Waals surface area (Å²) in [7, 11) is 0. The molecule has 7 nitrogen and oxygen atoms in total. The van der Waals surface area contributed by atoms with Gasteiger partial charge in [-0.2, -0.15) is 0 Å². The zero-order valence-electron chi connectivity index (χ0n) is 19.6. The predicted molar refractivity (Wildman–Crippen MR) is 139 cm³/mol. The van der Waals surface area contributed by atoms with Crippen LogP contribution in [-0.2, 0) is 11.3 Å². The van der Waals surface area contributed by atoms with Gasteiger partial charge in [0.05, 0.1) is 10.1 Å². The SMILES string of the molecule is CCN(CC)CCCn1c(=O)c(=Cc2ccc3c(c2)OCO3)s/c1=C1\C(=O)Nc2ccc(Cl)cc21. The van der Waals surface area contributed by atoms with Crippen LogP contribution in [0.2, 0.25) is 5.02 Å². The Morgan fingerprint density at radius 3 is 2.71 bits per heavy atom. The fourth-order valence-corrected chi connectivity index (χ4v) is 5.77. The van der Waals surface area contributed by atoms with Crippen molar-refractivity contribution in [1.82, 2.24) is 9.47 Å². The number of hydrogen-bond donors (Lipinski definition) is 1. The van der Waals surface area contributed by atoms with E-state index >= 15 is 0 Å². The molecule has 1 aromatic heterocycles. The second kappa shape index (κ2) is 9.89. The minimum atomic E-state index is -0.226. The lowest BCUT2D eigenvalue weighted by molar-refractivity contribution is -0.110. The quantitative estimate of drug-likeness (QED) is 0.528. The van der Waals surface area contributed by atoms with Gasteiger partial charge < -0.3 is 19.7 Å². The second-order valence-electron chi connectivity index (χ2n) is 8.38. The molecule has 0 spiro atoms. The van der Waals surface area contributed by atoms with Gasteiger partial charge in [-0.15, -0.1) is 11.3 Å². The molecule has 2 aliphatic heterocycles. The van der Waals surface area contributed by atoms with Gasteiger partial charge in [0.2, 0.25) is 6.79 Å². The molecular weight excluding hydrogens is 486 g/mol. The van der Waals surface area contributed by atoms with Gasteiger partial charge in [-0.1, -0.05) is 31.5 Å². The summed E-state index contributed by atoms with van der Waals surface area (Å²) in [5.74, 6) is 1.12. The van der Waals surface area contributed by atoms with Crippen molar-refractivity contribution in [3.05, 3.63) is 72.1 Å². The predicted octanol–water partition coefficient (Wildman–Crippen LogP) is 3.00. The molecule has 0 saturated heterocycles. The Morgan fingerprint density at radius 2 is 1.91 bits per heavy atom. The van der Waals surface area contributed by atoms with Gasteiger partial charge in [0.15, 0.2) is 11.5 Å². The van der Waals surface area contributed by atoms with Crippen molar-refractivity contribution >= 4 is 46.2 Å². The van der Waals surface area contributed by atoms with Gasteiger partial charge in [-0.3, -0.25) is 14.2 Å². The van der Waals surface area contributed by atoms with E-state index in [0.717, 1.165) is 37.2 Å². The first kappa shape index (κ1) is 23.7. The van der Waals surface area contributed by atoms with Crippen LogP contribution in [0.5, 0.6) is 11.5 Å². The van der Waals surface area contributed by atoms with Crippen LogP contribution < -0.4 is 29.5 Å². The van der Waals surface area contributed by atoms with E-state index in [-0.39, 0.29) is 18.3 Å². The van der Waals surface area contributed by atoms with Crippen molar-refractivity contribution in [3.8, 4) is 11.5 Å². The zero-order valence-corrected chi connectivity index (χ0v) is 21.2. The van der Waals surface area contributed by atoms with Gasteiger partial charge in [-0.25, -0.2) is 0 Å². The highest BCUT2D eigenvalue weighted by Crippen LogP contribution is 2.33. The minimum absolute atomic E-state index is 0.113. The van der Waals surface area contributed by atoms with Crippen LogP contribution in [0.1, 0.15) is 31.4 Å². The largest absolute Gasteiger partial charge is 0.454 e. The fraction of sp³-hybridized carbons (Fsp3) is 0.308. The number of hydrogen-bond acceptors (Lipinski definition) is 6. The molecule has 3 aromatic rings. The maximum absolute atomic E-state index is 13.6. The average Bonchev–Trinajstić information content (AvgIpc) is 3.52. The van der Waals surface area contributed by atoms with Gasteiger partial charge in [-0.05, 0) is 68.0 Å². The van der Waals surface area contributed by atoms with Crippen LogP contribution in [0.4, 0.5) is 5.69 Å². The lowest BCUT2D eigenvalue weighted by Crippen LogP contribution is -2.34. The number of halogens is 1. The third kappa shape index (κ3) is 4.61. The summed E-state index contributed by atoms with van der Waals surface area (Å²) >= 11 is 7.58. The standard InChI is InChI=1S/C26H26ClN3O4S/c1-3-29(4-2)10-5-11-30-25(32)22(13-16-6-9-20-21(12-16)34-15-33-20)35-26(30)23-18-14-17(27)7-8-19(18)28-24(23)31/h6-9,12-14H,3-5,10-11,15H2,1-2H3,(H,28,31)/b22-13?,26-23-. The number of rotatable bonds is 7. The van der Waals surface area contributed by atoms with Crippen molar-refractivity contribution in [2.45, 2.75) is 26.8 Å². The maximum Gasteiger partial charge on any atom is 0.269 e. The smallest absolute Gasteiger partial charge is 0.269 e. The summed E-state index contributed by atoms with van der Waals surface area (Å²) < 4.78 is 13.8. The molecule has 2 aliphatic rings. The van der Waals surface area contributed by atoms with E-state index in [1.54, 1.807) is 22.8 Å². The summed E-state index contributed by atoms with van der Waals surface area (Å²) in [6, 6.07) is 10.9. The number of anilines is 1. The van der Waals surface area contributed by atoms with E-state index in [9.17, 15) is 9.59 Å². The van der Waals surface area contributed by atoms with E-state index < -0.39 is 0 Å². The molecule has 3 heterocycles. The summed E-state index contributed by atoms with van der Waals surface area (Å²) in [4.78, 5) is 28.9. The summed E-state index contributed by atoms with van der Waals surface area (Å²) in [5.41, 5.74) is 2.62. The third-order valence-electron chi connectivity index (χ3n) is 6.29. The molecular formula is C26H26ClN3O4S. The maximum atomic E-state index is 13.6. The Bertz CT molecular complexity index is 1470. The second-order valence-corrected chi connectivity index (χ2v) is 9.85. The molecule has 35 heavy (non-hydrogen) atoms. The molecule has 2 aromatic carbocycles. The molecule has 5 rings (SSSR count). The zero-order chi connectivity index (χ0) is 24.5. The van der Waals surface area contributed by atoms with Crippen molar-refractivity contribution < 1.29 is 14.3 Å². The van der Waals surface area contributed by atoms with Crippen molar-refractivity contribution in [1.29, 1.82) is 0 Å². The number of carbonyl (C=O) groups is 1. The van der Waals surface area contributed by atoms with Crippen LogP contribution in [0.3, 0.4) is 0 Å². The fourth-order valence-electron chi connectivity index (χ4n) is 4.41. The molecule has 9 heteroatoms. The van der Waals surface area contributed by atoms with Gasteiger partial charge in [0.25, 0.3) is 11.5 Å². The molecule has 0 bridgehead atoms. The third-order valence-corrected chi connectivity index (χ3v) is 7.66. The number of ether oxygens (including phenoxy) is 2. The molecule has 0 radical (unpaired) electrons. The lowest BCUT2D eigenvalue weighted by Gasteiger charge is -2.17. The molecule has 1 amide bonds. The topological polar surface area (TPSA) is 72.8 Å². The molecule has 182 valence electrons. The van der Waals surface area contributed by atoms with Crippen LogP contribution in [0.15, 0.2) is 41.2 Å². The van der Waals surface area contributed by atoms with Crippen molar-refractivity contribution in [2.75, 3.05) is 31.7 Å². The highest BCUT2D eigenvalue weighted by Gasteiger charge is 2.27. The number of amides is 1. The lowest BCUT2D eigenvalue weighted by atomic mass is 10.1. The number of nitrogens with zero attached hydrogens (tertiary/aromatic N) is 2. The Morgan fingerprint density at radius 1 is 1.11 bits per heavy atom. The Balaban J connectivity index is 1.65. The van der Waals surface area contributed by atoms with Gasteiger partial charge in [0, 0.05) is 22.8 Å². The first-order chi connectivity index (χ1) is 17.0.